The van der Waals surface area contributed by atoms with Crippen LogP contribution in [-0.2, 0) is 12.8 Å². The number of hydrogen-bond donors (Lipinski definition) is 0. The Balaban J connectivity index is 2.30. The van der Waals surface area contributed by atoms with Gasteiger partial charge in [-0.3, -0.25) is 0 Å². The summed E-state index contributed by atoms with van der Waals surface area (Å²) in [5.41, 5.74) is 3.90. The molecular formula is C21H28ClNO2. The highest BCUT2D eigenvalue weighted by atomic mass is 35.5. The van der Waals surface area contributed by atoms with E-state index >= 15 is 0 Å². The molecule has 0 radical (unpaired) electrons. The highest BCUT2D eigenvalue weighted by Crippen LogP contribution is 2.36. The van der Waals surface area contributed by atoms with Gasteiger partial charge in [0.2, 0.25) is 0 Å². The topological polar surface area (TPSA) is 21.7 Å². The highest BCUT2D eigenvalue weighted by molar-refractivity contribution is 6.30. The van der Waals surface area contributed by atoms with E-state index in [0.29, 0.717) is 6.04 Å². The van der Waals surface area contributed by atoms with E-state index in [-0.39, 0.29) is 0 Å². The molecule has 1 atom stereocenters. The van der Waals surface area contributed by atoms with Crippen LogP contribution in [0.15, 0.2) is 36.4 Å². The largest absolute Gasteiger partial charge is 0.493 e. The summed E-state index contributed by atoms with van der Waals surface area (Å²) in [6, 6.07) is 12.7. The van der Waals surface area contributed by atoms with Gasteiger partial charge in [0.15, 0.2) is 11.5 Å². The van der Waals surface area contributed by atoms with Gasteiger partial charge in [-0.05, 0) is 74.3 Å². The van der Waals surface area contributed by atoms with E-state index < -0.39 is 0 Å². The Morgan fingerprint density at radius 1 is 1.00 bits per heavy atom. The van der Waals surface area contributed by atoms with Gasteiger partial charge in [-0.25, -0.2) is 0 Å². The molecule has 0 heterocycles. The van der Waals surface area contributed by atoms with E-state index in [1.807, 2.05) is 12.1 Å². The highest BCUT2D eigenvalue weighted by Gasteiger charge is 2.20. The summed E-state index contributed by atoms with van der Waals surface area (Å²) >= 11 is 5.99. The number of hydrogen-bond acceptors (Lipinski definition) is 3. The predicted octanol–water partition coefficient (Wildman–Crippen LogP) is 5.16. The molecule has 0 fully saturated rings. The van der Waals surface area contributed by atoms with Gasteiger partial charge in [-0.1, -0.05) is 30.7 Å². The normalized spacial score (nSPS) is 12.3. The molecular weight excluding hydrogens is 334 g/mol. The lowest BCUT2D eigenvalue weighted by molar-refractivity contribution is 0.280. The third-order valence-corrected chi connectivity index (χ3v) is 4.88. The summed E-state index contributed by atoms with van der Waals surface area (Å²) < 4.78 is 11.0. The third-order valence-electron chi connectivity index (χ3n) is 4.63. The van der Waals surface area contributed by atoms with E-state index in [9.17, 15) is 0 Å². The van der Waals surface area contributed by atoms with Crippen LogP contribution < -0.4 is 9.47 Å². The van der Waals surface area contributed by atoms with Crippen molar-refractivity contribution < 1.29 is 9.47 Å². The van der Waals surface area contributed by atoms with Crippen molar-refractivity contribution in [1.29, 1.82) is 0 Å². The van der Waals surface area contributed by atoms with Gasteiger partial charge in [-0.2, -0.15) is 0 Å². The number of nitrogens with zero attached hydrogens (tertiary/aromatic N) is 1. The number of halogens is 1. The Hall–Kier alpha value is -1.71. The molecule has 0 saturated heterocycles. The first-order valence-corrected chi connectivity index (χ1v) is 9.03. The SMILES string of the molecule is CCc1cc(OC)c(OC)cc1[C@H](CCc1ccc(Cl)cc1)N(C)C. The number of methoxy groups -OCH3 is 2. The lowest BCUT2D eigenvalue weighted by Gasteiger charge is -2.28. The molecule has 4 heteroatoms. The van der Waals surface area contributed by atoms with Crippen LogP contribution in [0.1, 0.15) is 36.1 Å². The molecule has 0 saturated carbocycles. The van der Waals surface area contributed by atoms with Crippen LogP contribution >= 0.6 is 11.6 Å². The maximum atomic E-state index is 5.99. The Morgan fingerprint density at radius 3 is 2.12 bits per heavy atom. The number of benzene rings is 2. The minimum absolute atomic E-state index is 0.311. The average molecular weight is 362 g/mol. The van der Waals surface area contributed by atoms with E-state index in [2.05, 4.69) is 50.2 Å². The van der Waals surface area contributed by atoms with Crippen molar-refractivity contribution in [3.63, 3.8) is 0 Å². The minimum Gasteiger partial charge on any atom is -0.493 e. The van der Waals surface area contributed by atoms with Gasteiger partial charge in [0.25, 0.3) is 0 Å². The Kier molecular flexibility index (Phi) is 7.15. The first-order valence-electron chi connectivity index (χ1n) is 8.65. The monoisotopic (exact) mass is 361 g/mol. The van der Waals surface area contributed by atoms with Crippen molar-refractivity contribution in [1.82, 2.24) is 4.90 Å². The molecule has 0 aromatic heterocycles. The zero-order chi connectivity index (χ0) is 18.4. The molecule has 0 spiro atoms. The minimum atomic E-state index is 0.311. The van der Waals surface area contributed by atoms with Crippen molar-refractivity contribution in [2.75, 3.05) is 28.3 Å². The molecule has 0 aliphatic heterocycles. The van der Waals surface area contributed by atoms with E-state index in [1.54, 1.807) is 14.2 Å². The average Bonchev–Trinajstić information content (AvgIpc) is 2.62. The van der Waals surface area contributed by atoms with Crippen LogP contribution in [0.4, 0.5) is 0 Å². The van der Waals surface area contributed by atoms with Crippen LogP contribution in [0.25, 0.3) is 0 Å². The molecule has 3 nitrogen and oxygen atoms in total. The molecule has 0 N–H and O–H groups in total. The zero-order valence-corrected chi connectivity index (χ0v) is 16.6. The standard InChI is InChI=1S/C21H28ClNO2/c1-6-16-13-20(24-4)21(25-5)14-18(16)19(23(2)3)12-9-15-7-10-17(22)11-8-15/h7-8,10-11,13-14,19H,6,9,12H2,1-5H3/t19-/m0/s1. The van der Waals surface area contributed by atoms with E-state index in [1.165, 1.54) is 16.7 Å². The lowest BCUT2D eigenvalue weighted by Crippen LogP contribution is -2.22. The summed E-state index contributed by atoms with van der Waals surface area (Å²) in [6.45, 7) is 2.18. The summed E-state index contributed by atoms with van der Waals surface area (Å²) in [5.74, 6) is 1.58. The molecule has 2 aromatic carbocycles. The quantitative estimate of drug-likeness (QED) is 0.648. The molecule has 0 aliphatic carbocycles. The summed E-state index contributed by atoms with van der Waals surface area (Å²) in [4.78, 5) is 2.27. The van der Waals surface area contributed by atoms with Gasteiger partial charge < -0.3 is 14.4 Å². The van der Waals surface area contributed by atoms with Crippen LogP contribution in [-0.4, -0.2) is 33.2 Å². The molecule has 25 heavy (non-hydrogen) atoms. The van der Waals surface area contributed by atoms with Crippen LogP contribution in [0.3, 0.4) is 0 Å². The second-order valence-corrected chi connectivity index (χ2v) is 6.84. The Morgan fingerprint density at radius 2 is 1.60 bits per heavy atom. The first-order chi connectivity index (χ1) is 12.0. The summed E-state index contributed by atoms with van der Waals surface area (Å²) in [7, 11) is 7.62. The number of aryl methyl sites for hydroxylation is 2. The maximum absolute atomic E-state index is 5.99. The summed E-state index contributed by atoms with van der Waals surface area (Å²) in [5, 5.41) is 0.779. The van der Waals surface area contributed by atoms with Crippen LogP contribution in [0, 0.1) is 0 Å². The van der Waals surface area contributed by atoms with Crippen molar-refractivity contribution in [3.8, 4) is 11.5 Å². The second-order valence-electron chi connectivity index (χ2n) is 6.40. The smallest absolute Gasteiger partial charge is 0.161 e. The molecule has 136 valence electrons. The molecule has 2 rings (SSSR count). The molecule has 0 bridgehead atoms. The van der Waals surface area contributed by atoms with Crippen molar-refractivity contribution in [3.05, 3.63) is 58.1 Å². The molecule has 0 unspecified atom stereocenters. The lowest BCUT2D eigenvalue weighted by atomic mass is 9.92. The van der Waals surface area contributed by atoms with Crippen molar-refractivity contribution in [2.45, 2.75) is 32.2 Å². The van der Waals surface area contributed by atoms with Gasteiger partial charge in [0.1, 0.15) is 0 Å². The fourth-order valence-electron chi connectivity index (χ4n) is 3.20. The van der Waals surface area contributed by atoms with Crippen LogP contribution in [0.2, 0.25) is 5.02 Å². The van der Waals surface area contributed by atoms with Crippen LogP contribution in [0.5, 0.6) is 11.5 Å². The Bertz CT molecular complexity index is 683. The van der Waals surface area contributed by atoms with Gasteiger partial charge >= 0.3 is 0 Å². The van der Waals surface area contributed by atoms with Gasteiger partial charge in [-0.15, -0.1) is 0 Å². The van der Waals surface area contributed by atoms with E-state index in [4.69, 9.17) is 21.1 Å². The fraction of sp³-hybridized carbons (Fsp3) is 0.429. The Labute approximate surface area is 156 Å². The van der Waals surface area contributed by atoms with Gasteiger partial charge in [0.05, 0.1) is 14.2 Å². The second kappa shape index (κ2) is 9.12. The first kappa shape index (κ1) is 19.6. The predicted molar refractivity (Wildman–Crippen MR) is 105 cm³/mol. The third kappa shape index (κ3) is 4.90. The fourth-order valence-corrected chi connectivity index (χ4v) is 3.33. The van der Waals surface area contributed by atoms with E-state index in [0.717, 1.165) is 35.8 Å². The molecule has 0 amide bonds. The summed E-state index contributed by atoms with van der Waals surface area (Å²) in [6.07, 6.45) is 2.98. The molecule has 0 aliphatic rings. The van der Waals surface area contributed by atoms with Crippen molar-refractivity contribution in [2.24, 2.45) is 0 Å². The molecule has 2 aromatic rings. The maximum Gasteiger partial charge on any atom is 0.161 e. The zero-order valence-electron chi connectivity index (χ0n) is 15.8. The number of rotatable bonds is 8. The number of ether oxygens (including phenoxy) is 2. The van der Waals surface area contributed by atoms with Gasteiger partial charge in [0, 0.05) is 11.1 Å². The van der Waals surface area contributed by atoms with Crippen molar-refractivity contribution >= 4 is 11.6 Å².